The Bertz CT molecular complexity index is 178. The number of ether oxygens (including phenoxy) is 2. The second-order valence-corrected chi connectivity index (χ2v) is 2.40. The summed E-state index contributed by atoms with van der Waals surface area (Å²) in [5, 5.41) is 0. The second kappa shape index (κ2) is 1.87. The van der Waals surface area contributed by atoms with Gasteiger partial charge in [-0.3, -0.25) is 9.59 Å². The van der Waals surface area contributed by atoms with Crippen LogP contribution in [0.2, 0.25) is 0 Å². The van der Waals surface area contributed by atoms with Crippen molar-refractivity contribution in [2.75, 3.05) is 13.2 Å². The van der Waals surface area contributed by atoms with Gasteiger partial charge in [-0.1, -0.05) is 0 Å². The molecule has 2 rings (SSSR count). The molecule has 0 aromatic rings. The van der Waals surface area contributed by atoms with Crippen LogP contribution < -0.4 is 0 Å². The van der Waals surface area contributed by atoms with Crippen LogP contribution in [0.15, 0.2) is 0 Å². The number of fused-ring (bicyclic) bond motifs is 1. The van der Waals surface area contributed by atoms with Gasteiger partial charge >= 0.3 is 0 Å². The monoisotopic (exact) mass is 142 g/mol. The van der Waals surface area contributed by atoms with E-state index in [1.54, 1.807) is 0 Å². The average molecular weight is 142 g/mol. The Hall–Kier alpha value is -0.740. The molecule has 2 unspecified atom stereocenters. The Morgan fingerprint density at radius 3 is 2.10 bits per heavy atom. The summed E-state index contributed by atoms with van der Waals surface area (Å²) in [5.74, 6) is -0.230. The van der Waals surface area contributed by atoms with Crippen LogP contribution in [-0.2, 0) is 19.1 Å². The number of hydrogen-bond donors (Lipinski definition) is 0. The first kappa shape index (κ1) is 6.00. The highest BCUT2D eigenvalue weighted by Crippen LogP contribution is 2.25. The number of Topliss-reactive ketones (excluding diaryl/α,β-unsaturated/α-hetero) is 2. The second-order valence-electron chi connectivity index (χ2n) is 2.40. The van der Waals surface area contributed by atoms with Gasteiger partial charge < -0.3 is 9.47 Å². The molecule has 0 bridgehead atoms. The van der Waals surface area contributed by atoms with Crippen molar-refractivity contribution in [1.29, 1.82) is 0 Å². The average Bonchev–Trinajstić information content (AvgIpc) is 2.63. The number of hydrogen-bond acceptors (Lipinski definition) is 4. The van der Waals surface area contributed by atoms with E-state index in [0.717, 1.165) is 0 Å². The molecular weight excluding hydrogens is 136 g/mol. The number of carbonyl (C=O) groups is 2. The maximum absolute atomic E-state index is 10.8. The van der Waals surface area contributed by atoms with Crippen molar-refractivity contribution in [3.8, 4) is 0 Å². The van der Waals surface area contributed by atoms with Crippen LogP contribution >= 0.6 is 0 Å². The van der Waals surface area contributed by atoms with Crippen LogP contribution in [0.5, 0.6) is 0 Å². The third kappa shape index (κ3) is 0.767. The fourth-order valence-electron chi connectivity index (χ4n) is 1.02. The highest BCUT2D eigenvalue weighted by Gasteiger charge is 2.51. The van der Waals surface area contributed by atoms with Gasteiger partial charge in [-0.15, -0.1) is 0 Å². The molecule has 0 amide bonds. The molecule has 0 radical (unpaired) electrons. The molecule has 0 saturated carbocycles. The van der Waals surface area contributed by atoms with Crippen molar-refractivity contribution >= 4 is 11.6 Å². The summed E-state index contributed by atoms with van der Waals surface area (Å²) in [6, 6.07) is 0. The van der Waals surface area contributed by atoms with E-state index in [0.29, 0.717) is 0 Å². The SMILES string of the molecule is O=C1COCC(=O)C2OC12. The lowest BCUT2D eigenvalue weighted by Crippen LogP contribution is -2.13. The summed E-state index contributed by atoms with van der Waals surface area (Å²) in [6.07, 6.45) is -0.954. The Kier molecular flexibility index (Phi) is 1.12. The summed E-state index contributed by atoms with van der Waals surface area (Å²) < 4.78 is 9.54. The molecule has 0 aromatic heterocycles. The van der Waals surface area contributed by atoms with Crippen LogP contribution in [0.1, 0.15) is 0 Å². The summed E-state index contributed by atoms with van der Waals surface area (Å²) in [6.45, 7) is 0.0415. The van der Waals surface area contributed by atoms with E-state index in [4.69, 9.17) is 9.47 Å². The van der Waals surface area contributed by atoms with E-state index in [1.165, 1.54) is 0 Å². The normalized spacial score (nSPS) is 38.8. The van der Waals surface area contributed by atoms with Crippen molar-refractivity contribution in [3.63, 3.8) is 0 Å². The number of rotatable bonds is 0. The third-order valence-corrected chi connectivity index (χ3v) is 1.61. The Morgan fingerprint density at radius 1 is 1.10 bits per heavy atom. The minimum Gasteiger partial charge on any atom is -0.366 e. The molecule has 2 heterocycles. The van der Waals surface area contributed by atoms with E-state index in [-0.39, 0.29) is 24.8 Å². The Balaban J connectivity index is 2.14. The summed E-state index contributed by atoms with van der Waals surface area (Å²) >= 11 is 0. The molecule has 2 aliphatic rings. The lowest BCUT2D eigenvalue weighted by Gasteiger charge is -1.94. The fourth-order valence-corrected chi connectivity index (χ4v) is 1.02. The standard InChI is InChI=1S/C6H6O4/c7-3-1-9-2-4(8)6-5(3)10-6/h5-6H,1-2H2. The molecule has 2 saturated heterocycles. The molecule has 0 aliphatic carbocycles. The molecule has 0 N–H and O–H groups in total. The van der Waals surface area contributed by atoms with Gasteiger partial charge in [0, 0.05) is 0 Å². The largest absolute Gasteiger partial charge is 0.366 e. The van der Waals surface area contributed by atoms with Crippen molar-refractivity contribution in [2.24, 2.45) is 0 Å². The van der Waals surface area contributed by atoms with Crippen LogP contribution in [-0.4, -0.2) is 37.0 Å². The third-order valence-electron chi connectivity index (χ3n) is 1.61. The molecule has 4 nitrogen and oxygen atoms in total. The molecule has 2 aliphatic heterocycles. The lowest BCUT2D eigenvalue weighted by atomic mass is 10.2. The van der Waals surface area contributed by atoms with Gasteiger partial charge in [0.25, 0.3) is 0 Å². The zero-order valence-corrected chi connectivity index (χ0v) is 5.20. The number of carbonyl (C=O) groups excluding carboxylic acids is 2. The summed E-state index contributed by atoms with van der Waals surface area (Å²) in [4.78, 5) is 21.6. The van der Waals surface area contributed by atoms with Gasteiger partial charge in [0.2, 0.25) is 0 Å². The van der Waals surface area contributed by atoms with Gasteiger partial charge in [0.15, 0.2) is 23.8 Å². The predicted molar refractivity (Wildman–Crippen MR) is 29.5 cm³/mol. The minimum atomic E-state index is -0.477. The van der Waals surface area contributed by atoms with Crippen molar-refractivity contribution in [3.05, 3.63) is 0 Å². The first-order valence-electron chi connectivity index (χ1n) is 3.07. The first-order chi connectivity index (χ1) is 4.79. The fraction of sp³-hybridized carbons (Fsp3) is 0.667. The quantitative estimate of drug-likeness (QED) is 0.404. The smallest absolute Gasteiger partial charge is 0.190 e. The van der Waals surface area contributed by atoms with E-state index in [2.05, 4.69) is 0 Å². The zero-order chi connectivity index (χ0) is 7.14. The molecule has 0 aromatic carbocycles. The predicted octanol–water partition coefficient (Wildman–Crippen LogP) is -1.08. The van der Waals surface area contributed by atoms with Crippen LogP contribution in [0.4, 0.5) is 0 Å². The van der Waals surface area contributed by atoms with Crippen molar-refractivity contribution in [1.82, 2.24) is 0 Å². The van der Waals surface area contributed by atoms with Crippen molar-refractivity contribution in [2.45, 2.75) is 12.2 Å². The topological polar surface area (TPSA) is 55.9 Å². The summed E-state index contributed by atoms with van der Waals surface area (Å²) in [7, 11) is 0. The minimum absolute atomic E-state index is 0.0207. The van der Waals surface area contributed by atoms with Crippen LogP contribution in [0, 0.1) is 0 Å². The van der Waals surface area contributed by atoms with Crippen molar-refractivity contribution < 1.29 is 19.1 Å². The molecule has 4 heteroatoms. The highest BCUT2D eigenvalue weighted by molar-refractivity contribution is 5.99. The molecule has 2 atom stereocenters. The van der Waals surface area contributed by atoms with E-state index in [9.17, 15) is 9.59 Å². The highest BCUT2D eigenvalue weighted by atomic mass is 16.6. The van der Waals surface area contributed by atoms with E-state index in [1.807, 2.05) is 0 Å². The first-order valence-corrected chi connectivity index (χ1v) is 3.07. The maximum atomic E-state index is 10.8. The van der Waals surface area contributed by atoms with Gasteiger partial charge in [-0.05, 0) is 0 Å². The van der Waals surface area contributed by atoms with E-state index < -0.39 is 12.2 Å². The Labute approximate surface area is 57.1 Å². The van der Waals surface area contributed by atoms with Gasteiger partial charge in [-0.25, -0.2) is 0 Å². The number of ketones is 2. The molecule has 2 fully saturated rings. The van der Waals surface area contributed by atoms with Crippen LogP contribution in [0.3, 0.4) is 0 Å². The molecular formula is C6H6O4. The van der Waals surface area contributed by atoms with Gasteiger partial charge in [0.1, 0.15) is 13.2 Å². The Morgan fingerprint density at radius 2 is 1.60 bits per heavy atom. The van der Waals surface area contributed by atoms with E-state index >= 15 is 0 Å². The zero-order valence-electron chi connectivity index (χ0n) is 5.20. The number of epoxide rings is 1. The van der Waals surface area contributed by atoms with Crippen LogP contribution in [0.25, 0.3) is 0 Å². The molecule has 54 valence electrons. The van der Waals surface area contributed by atoms with Gasteiger partial charge in [-0.2, -0.15) is 0 Å². The lowest BCUT2D eigenvalue weighted by molar-refractivity contribution is -0.128. The molecule has 0 spiro atoms. The summed E-state index contributed by atoms with van der Waals surface area (Å²) in [5.41, 5.74) is 0. The molecule has 10 heavy (non-hydrogen) atoms. The van der Waals surface area contributed by atoms with Gasteiger partial charge in [0.05, 0.1) is 0 Å². The maximum Gasteiger partial charge on any atom is 0.190 e.